The molecule has 1 saturated carbocycles. The van der Waals surface area contributed by atoms with Crippen LogP contribution in [0.4, 0.5) is 0 Å². The second kappa shape index (κ2) is 5.43. The molecule has 6 heteroatoms. The van der Waals surface area contributed by atoms with Gasteiger partial charge in [-0.1, -0.05) is 35.2 Å². The second-order valence-corrected chi connectivity index (χ2v) is 7.68. The molecule has 4 rings (SSSR count). The Hall–Kier alpha value is -1.66. The van der Waals surface area contributed by atoms with Crippen molar-refractivity contribution in [3.05, 3.63) is 44.2 Å². The molecule has 0 spiro atoms. The zero-order valence-electron chi connectivity index (χ0n) is 13.3. The first-order chi connectivity index (χ1) is 11.4. The molecule has 0 bridgehead atoms. The maximum atomic E-state index is 13.2. The third kappa shape index (κ3) is 2.16. The summed E-state index contributed by atoms with van der Waals surface area (Å²) in [6, 6.07) is 5.13. The van der Waals surface area contributed by atoms with Crippen molar-refractivity contribution in [1.82, 2.24) is 4.90 Å². The van der Waals surface area contributed by atoms with Gasteiger partial charge in [-0.2, -0.15) is 0 Å². The quantitative estimate of drug-likeness (QED) is 0.755. The van der Waals surface area contributed by atoms with Crippen LogP contribution in [0.2, 0.25) is 0 Å². The molecular weight excluding hydrogens is 374 g/mol. The molecule has 1 aliphatic carbocycles. The average molecular weight is 392 g/mol. The van der Waals surface area contributed by atoms with Crippen LogP contribution >= 0.6 is 15.9 Å². The van der Waals surface area contributed by atoms with Crippen LogP contribution in [0, 0.1) is 0 Å². The van der Waals surface area contributed by atoms with E-state index in [2.05, 4.69) is 15.9 Å². The number of carbonyl (C=O) groups excluding carboxylic acids is 1. The predicted molar refractivity (Wildman–Crippen MR) is 92.8 cm³/mol. The van der Waals surface area contributed by atoms with Crippen molar-refractivity contribution >= 4 is 32.8 Å². The van der Waals surface area contributed by atoms with Crippen LogP contribution in [0.1, 0.15) is 54.9 Å². The lowest BCUT2D eigenvalue weighted by atomic mass is 9.93. The molecule has 1 amide bonds. The van der Waals surface area contributed by atoms with Crippen LogP contribution in [-0.2, 0) is 5.72 Å². The van der Waals surface area contributed by atoms with E-state index in [0.29, 0.717) is 11.0 Å². The minimum absolute atomic E-state index is 0.0461. The maximum absolute atomic E-state index is 13.2. The molecule has 1 aliphatic heterocycles. The fourth-order valence-corrected chi connectivity index (χ4v) is 4.49. The first kappa shape index (κ1) is 15.8. The molecule has 1 fully saturated rings. The van der Waals surface area contributed by atoms with Crippen LogP contribution in [-0.4, -0.2) is 22.0 Å². The third-order valence-electron chi connectivity index (χ3n) is 5.18. The van der Waals surface area contributed by atoms with Gasteiger partial charge in [-0.25, -0.2) is 4.79 Å². The lowest BCUT2D eigenvalue weighted by Gasteiger charge is -2.38. The van der Waals surface area contributed by atoms with Gasteiger partial charge in [0.05, 0.1) is 5.56 Å². The summed E-state index contributed by atoms with van der Waals surface area (Å²) < 4.78 is 6.15. The zero-order chi connectivity index (χ0) is 17.1. The van der Waals surface area contributed by atoms with Gasteiger partial charge in [0.15, 0.2) is 5.72 Å². The fraction of sp³-hybridized carbons (Fsp3) is 0.444. The number of fused-ring (bicyclic) bond motifs is 3. The number of rotatable bonds is 1. The van der Waals surface area contributed by atoms with Gasteiger partial charge in [-0.3, -0.25) is 4.79 Å². The summed E-state index contributed by atoms with van der Waals surface area (Å²) in [5.41, 5.74) is -1.58. The molecule has 0 saturated heterocycles. The van der Waals surface area contributed by atoms with Crippen LogP contribution < -0.4 is 5.63 Å². The number of halogens is 1. The van der Waals surface area contributed by atoms with Crippen molar-refractivity contribution in [2.24, 2.45) is 0 Å². The summed E-state index contributed by atoms with van der Waals surface area (Å²) in [5, 5.41) is 11.6. The molecule has 0 radical (unpaired) electrons. The average Bonchev–Trinajstić information content (AvgIpc) is 2.76. The highest BCUT2D eigenvalue weighted by molar-refractivity contribution is 9.10. The molecule has 126 valence electrons. The van der Waals surface area contributed by atoms with E-state index >= 15 is 0 Å². The summed E-state index contributed by atoms with van der Waals surface area (Å²) >= 11 is 3.39. The van der Waals surface area contributed by atoms with Crippen LogP contribution in [0.3, 0.4) is 0 Å². The standard InChI is InChI=1S/C18H18BrNO4/c1-18(23)15-14(16(21)20(18)11-5-3-2-4-6-11)12-9-10(19)7-8-13(12)24-17(15)22/h7-9,11,23H,2-6H2,1H3. The summed E-state index contributed by atoms with van der Waals surface area (Å²) in [6.45, 7) is 1.52. The minimum Gasteiger partial charge on any atom is -0.422 e. The molecule has 1 N–H and O–H groups in total. The molecule has 1 aromatic heterocycles. The Morgan fingerprint density at radius 3 is 2.67 bits per heavy atom. The molecule has 1 aromatic carbocycles. The topological polar surface area (TPSA) is 70.8 Å². The molecule has 5 nitrogen and oxygen atoms in total. The molecule has 24 heavy (non-hydrogen) atoms. The highest BCUT2D eigenvalue weighted by Crippen LogP contribution is 2.42. The first-order valence-corrected chi connectivity index (χ1v) is 9.03. The zero-order valence-corrected chi connectivity index (χ0v) is 14.9. The van der Waals surface area contributed by atoms with E-state index in [4.69, 9.17) is 4.42 Å². The highest BCUT2D eigenvalue weighted by atomic mass is 79.9. The van der Waals surface area contributed by atoms with Gasteiger partial charge in [0.1, 0.15) is 11.1 Å². The van der Waals surface area contributed by atoms with Crippen molar-refractivity contribution in [3.8, 4) is 0 Å². The molecule has 1 atom stereocenters. The lowest BCUT2D eigenvalue weighted by Crippen LogP contribution is -2.49. The fourth-order valence-electron chi connectivity index (χ4n) is 4.13. The van der Waals surface area contributed by atoms with Gasteiger partial charge < -0.3 is 14.4 Å². The van der Waals surface area contributed by atoms with Crippen molar-refractivity contribution in [1.29, 1.82) is 0 Å². The van der Waals surface area contributed by atoms with Gasteiger partial charge in [-0.05, 0) is 38.0 Å². The van der Waals surface area contributed by atoms with Gasteiger partial charge >= 0.3 is 5.63 Å². The Labute approximate surface area is 147 Å². The number of nitrogens with zero attached hydrogens (tertiary/aromatic N) is 1. The minimum atomic E-state index is -1.63. The normalized spacial score (nSPS) is 24.6. The summed E-state index contributed by atoms with van der Waals surface area (Å²) in [4.78, 5) is 27.1. The van der Waals surface area contributed by atoms with E-state index < -0.39 is 11.4 Å². The third-order valence-corrected chi connectivity index (χ3v) is 5.68. The van der Waals surface area contributed by atoms with Crippen LogP contribution in [0.25, 0.3) is 11.0 Å². The molecule has 2 aliphatic rings. The summed E-state index contributed by atoms with van der Waals surface area (Å²) in [7, 11) is 0. The number of amides is 1. The highest BCUT2D eigenvalue weighted by Gasteiger charge is 2.51. The van der Waals surface area contributed by atoms with Crippen molar-refractivity contribution in [3.63, 3.8) is 0 Å². The number of carbonyl (C=O) groups is 1. The molecule has 1 unspecified atom stereocenters. The van der Waals surface area contributed by atoms with E-state index in [9.17, 15) is 14.7 Å². The Bertz CT molecular complexity index is 896. The van der Waals surface area contributed by atoms with Gasteiger partial charge in [-0.15, -0.1) is 0 Å². The largest absolute Gasteiger partial charge is 0.422 e. The number of hydrogen-bond donors (Lipinski definition) is 1. The van der Waals surface area contributed by atoms with Crippen molar-refractivity contribution in [2.45, 2.75) is 50.8 Å². The number of aliphatic hydroxyl groups is 1. The Morgan fingerprint density at radius 2 is 1.96 bits per heavy atom. The van der Waals surface area contributed by atoms with Gasteiger partial charge in [0, 0.05) is 15.9 Å². The smallest absolute Gasteiger partial charge is 0.345 e. The summed E-state index contributed by atoms with van der Waals surface area (Å²) in [6.07, 6.45) is 4.90. The van der Waals surface area contributed by atoms with E-state index in [1.54, 1.807) is 18.2 Å². The van der Waals surface area contributed by atoms with Crippen LogP contribution in [0.15, 0.2) is 31.9 Å². The number of hydrogen-bond acceptors (Lipinski definition) is 4. The molecule has 2 aromatic rings. The maximum Gasteiger partial charge on any atom is 0.345 e. The summed E-state index contributed by atoms with van der Waals surface area (Å²) in [5.74, 6) is -0.280. The lowest BCUT2D eigenvalue weighted by molar-refractivity contribution is -0.0942. The SMILES string of the molecule is CC1(O)c2c(c3cc(Br)ccc3oc2=O)C(=O)N1C1CCCCC1. The Balaban J connectivity index is 1.97. The number of benzene rings is 1. The van der Waals surface area contributed by atoms with E-state index in [1.165, 1.54) is 11.8 Å². The first-order valence-electron chi connectivity index (χ1n) is 8.24. The Kier molecular flexibility index (Phi) is 3.58. The molecular formula is C18H18BrNO4. The van der Waals surface area contributed by atoms with Crippen molar-refractivity contribution < 1.29 is 14.3 Å². The predicted octanol–water partition coefficient (Wildman–Crippen LogP) is 3.51. The van der Waals surface area contributed by atoms with E-state index in [-0.39, 0.29) is 23.1 Å². The van der Waals surface area contributed by atoms with E-state index in [1.807, 2.05) is 0 Å². The van der Waals surface area contributed by atoms with Gasteiger partial charge in [0.2, 0.25) is 0 Å². The molecule has 2 heterocycles. The van der Waals surface area contributed by atoms with Crippen LogP contribution in [0.5, 0.6) is 0 Å². The monoisotopic (exact) mass is 391 g/mol. The van der Waals surface area contributed by atoms with Crippen molar-refractivity contribution in [2.75, 3.05) is 0 Å². The Morgan fingerprint density at radius 1 is 1.25 bits per heavy atom. The van der Waals surface area contributed by atoms with E-state index in [0.717, 1.165) is 36.6 Å². The van der Waals surface area contributed by atoms with Gasteiger partial charge in [0.25, 0.3) is 5.91 Å². The second-order valence-electron chi connectivity index (χ2n) is 6.77.